The molecule has 1 atom stereocenters. The molecule has 2 aromatic rings. The molecule has 2 N–H and O–H groups in total. The molecule has 0 bridgehead atoms. The van der Waals surface area contributed by atoms with Crippen molar-refractivity contribution in [1.29, 1.82) is 0 Å². The van der Waals surface area contributed by atoms with Crippen molar-refractivity contribution < 1.29 is 23.1 Å². The second-order valence-electron chi connectivity index (χ2n) is 4.34. The molecular weight excluding hydrogens is 273 g/mol. The molecule has 4 nitrogen and oxygen atoms in total. The van der Waals surface area contributed by atoms with Gasteiger partial charge in [0.05, 0.1) is 23.4 Å². The van der Waals surface area contributed by atoms with E-state index in [1.807, 2.05) is 0 Å². The van der Waals surface area contributed by atoms with Gasteiger partial charge in [0, 0.05) is 5.56 Å². The molecule has 7 heteroatoms. The molecule has 1 aromatic carbocycles. The van der Waals surface area contributed by atoms with Gasteiger partial charge >= 0.3 is 12.1 Å². The molecule has 0 saturated carbocycles. The summed E-state index contributed by atoms with van der Waals surface area (Å²) in [5.41, 5.74) is 0.540. The first-order chi connectivity index (χ1) is 9.30. The van der Waals surface area contributed by atoms with Crippen molar-refractivity contribution in [1.82, 2.24) is 10.2 Å². The summed E-state index contributed by atoms with van der Waals surface area (Å²) in [4.78, 5) is 11.0. The van der Waals surface area contributed by atoms with E-state index in [0.29, 0.717) is 16.8 Å². The molecule has 0 spiro atoms. The molecule has 0 saturated heterocycles. The number of carboxylic acids is 1. The lowest BCUT2D eigenvalue weighted by Gasteiger charge is -2.09. The van der Waals surface area contributed by atoms with Crippen molar-refractivity contribution >= 4 is 5.97 Å². The number of nitrogens with zero attached hydrogens (tertiary/aromatic N) is 1. The van der Waals surface area contributed by atoms with Gasteiger partial charge in [0.1, 0.15) is 0 Å². The van der Waals surface area contributed by atoms with Crippen molar-refractivity contribution in [2.24, 2.45) is 0 Å². The van der Waals surface area contributed by atoms with Gasteiger partial charge in [0.25, 0.3) is 0 Å². The number of hydrogen-bond acceptors (Lipinski definition) is 2. The third-order valence-corrected chi connectivity index (χ3v) is 3.01. The Kier molecular flexibility index (Phi) is 3.52. The average Bonchev–Trinajstić information content (AvgIpc) is 2.85. The number of carboxylic acid groups (broad SMARTS) is 1. The van der Waals surface area contributed by atoms with Gasteiger partial charge in [-0.2, -0.15) is 18.3 Å². The van der Waals surface area contributed by atoms with Gasteiger partial charge < -0.3 is 5.11 Å². The predicted molar refractivity (Wildman–Crippen MR) is 65.1 cm³/mol. The Balaban J connectivity index is 2.38. The summed E-state index contributed by atoms with van der Waals surface area (Å²) in [6, 6.07) is 4.47. The number of nitrogens with one attached hydrogen (secondary N) is 1. The maximum Gasteiger partial charge on any atom is 0.416 e. The minimum atomic E-state index is -4.40. The summed E-state index contributed by atoms with van der Waals surface area (Å²) in [6.07, 6.45) is -3.03. The van der Waals surface area contributed by atoms with Crippen LogP contribution >= 0.6 is 0 Å². The highest BCUT2D eigenvalue weighted by Gasteiger charge is 2.30. The predicted octanol–water partition coefficient (Wildman–Crippen LogP) is 3.28. The molecule has 106 valence electrons. The van der Waals surface area contributed by atoms with Crippen LogP contribution < -0.4 is 0 Å². The van der Waals surface area contributed by atoms with E-state index in [4.69, 9.17) is 5.11 Å². The lowest BCUT2D eigenvalue weighted by atomic mass is 9.98. The van der Waals surface area contributed by atoms with Crippen LogP contribution in [0.4, 0.5) is 13.2 Å². The molecule has 0 amide bonds. The highest BCUT2D eigenvalue weighted by atomic mass is 19.4. The van der Waals surface area contributed by atoms with Crippen molar-refractivity contribution in [2.45, 2.75) is 19.0 Å². The molecule has 1 aromatic heterocycles. The lowest BCUT2D eigenvalue weighted by Crippen LogP contribution is -2.08. The highest BCUT2D eigenvalue weighted by Crippen LogP contribution is 2.32. The number of aromatic nitrogens is 2. The first kappa shape index (κ1) is 14.1. The second-order valence-corrected chi connectivity index (χ2v) is 4.34. The number of rotatable bonds is 3. The van der Waals surface area contributed by atoms with Crippen LogP contribution in [0.15, 0.2) is 30.5 Å². The van der Waals surface area contributed by atoms with E-state index in [-0.39, 0.29) is 0 Å². The van der Waals surface area contributed by atoms with Crippen LogP contribution in [-0.4, -0.2) is 21.3 Å². The van der Waals surface area contributed by atoms with E-state index in [0.717, 1.165) is 12.1 Å². The third-order valence-electron chi connectivity index (χ3n) is 3.01. The van der Waals surface area contributed by atoms with E-state index in [9.17, 15) is 18.0 Å². The average molecular weight is 284 g/mol. The fraction of sp³-hybridized carbons (Fsp3) is 0.231. The summed E-state index contributed by atoms with van der Waals surface area (Å²) < 4.78 is 37.4. The van der Waals surface area contributed by atoms with Gasteiger partial charge in [-0.05, 0) is 24.6 Å². The molecule has 1 unspecified atom stereocenters. The summed E-state index contributed by atoms with van der Waals surface area (Å²) >= 11 is 0. The van der Waals surface area contributed by atoms with E-state index in [1.54, 1.807) is 0 Å². The summed E-state index contributed by atoms with van der Waals surface area (Å²) in [6.45, 7) is 1.49. The molecule has 1 heterocycles. The Morgan fingerprint density at radius 1 is 1.30 bits per heavy atom. The van der Waals surface area contributed by atoms with E-state index < -0.39 is 23.6 Å². The number of H-pyrrole nitrogens is 1. The third kappa shape index (κ3) is 2.66. The van der Waals surface area contributed by atoms with E-state index in [2.05, 4.69) is 10.2 Å². The van der Waals surface area contributed by atoms with Crippen LogP contribution in [0.2, 0.25) is 0 Å². The number of hydrogen-bond donors (Lipinski definition) is 2. The highest BCUT2D eigenvalue weighted by molar-refractivity contribution is 5.79. The van der Waals surface area contributed by atoms with Crippen LogP contribution in [-0.2, 0) is 11.0 Å². The maximum absolute atomic E-state index is 12.5. The molecule has 0 radical (unpaired) electrons. The number of benzene rings is 1. The second kappa shape index (κ2) is 4.99. The number of aliphatic carboxylic acids is 1. The number of alkyl halides is 3. The van der Waals surface area contributed by atoms with Crippen LogP contribution in [0.5, 0.6) is 0 Å². The van der Waals surface area contributed by atoms with Crippen molar-refractivity contribution in [3.05, 3.63) is 41.6 Å². The molecule has 0 aliphatic rings. The quantitative estimate of drug-likeness (QED) is 0.909. The largest absolute Gasteiger partial charge is 0.481 e. The van der Waals surface area contributed by atoms with Gasteiger partial charge in [0.2, 0.25) is 0 Å². The van der Waals surface area contributed by atoms with E-state index in [1.165, 1.54) is 25.3 Å². The first-order valence-corrected chi connectivity index (χ1v) is 5.74. The summed E-state index contributed by atoms with van der Waals surface area (Å²) in [7, 11) is 0. The minimum Gasteiger partial charge on any atom is -0.481 e. The Morgan fingerprint density at radius 2 is 1.90 bits per heavy atom. The molecule has 20 heavy (non-hydrogen) atoms. The van der Waals surface area contributed by atoms with Crippen LogP contribution in [0.1, 0.15) is 24.0 Å². The lowest BCUT2D eigenvalue weighted by molar-refractivity contribution is -0.138. The standard InChI is InChI=1S/C13H11F3N2O2/c1-7(12(19)20)10-6-17-18-11(10)8-2-4-9(5-3-8)13(14,15)16/h2-7H,1H3,(H,17,18)(H,19,20). The normalized spacial score (nSPS) is 13.2. The molecule has 2 rings (SSSR count). The van der Waals surface area contributed by atoms with Gasteiger partial charge in [-0.15, -0.1) is 0 Å². The zero-order chi connectivity index (χ0) is 14.9. The SMILES string of the molecule is CC(C(=O)O)c1cn[nH]c1-c1ccc(C(F)(F)F)cc1. The van der Waals surface area contributed by atoms with Gasteiger partial charge in [-0.25, -0.2) is 0 Å². The Labute approximate surface area is 112 Å². The summed E-state index contributed by atoms with van der Waals surface area (Å²) in [5.74, 6) is -1.83. The Morgan fingerprint density at radius 3 is 2.40 bits per heavy atom. The smallest absolute Gasteiger partial charge is 0.416 e. The maximum atomic E-state index is 12.5. The number of aromatic amines is 1. The number of carbonyl (C=O) groups is 1. The molecule has 0 aliphatic carbocycles. The zero-order valence-electron chi connectivity index (χ0n) is 10.4. The topological polar surface area (TPSA) is 66.0 Å². The van der Waals surface area contributed by atoms with Crippen LogP contribution in [0, 0.1) is 0 Å². The van der Waals surface area contributed by atoms with E-state index >= 15 is 0 Å². The molecular formula is C13H11F3N2O2. The Bertz CT molecular complexity index is 617. The van der Waals surface area contributed by atoms with Crippen LogP contribution in [0.25, 0.3) is 11.3 Å². The molecule has 0 fully saturated rings. The van der Waals surface area contributed by atoms with Crippen molar-refractivity contribution in [3.8, 4) is 11.3 Å². The number of halogens is 3. The Hall–Kier alpha value is -2.31. The minimum absolute atomic E-state index is 0.411. The zero-order valence-corrected chi connectivity index (χ0v) is 10.4. The van der Waals surface area contributed by atoms with Crippen molar-refractivity contribution in [2.75, 3.05) is 0 Å². The summed E-state index contributed by atoms with van der Waals surface area (Å²) in [5, 5.41) is 15.4. The van der Waals surface area contributed by atoms with Gasteiger partial charge in [-0.1, -0.05) is 12.1 Å². The monoisotopic (exact) mass is 284 g/mol. The van der Waals surface area contributed by atoms with Gasteiger partial charge in [-0.3, -0.25) is 9.89 Å². The van der Waals surface area contributed by atoms with Crippen LogP contribution in [0.3, 0.4) is 0 Å². The van der Waals surface area contributed by atoms with Crippen molar-refractivity contribution in [3.63, 3.8) is 0 Å². The first-order valence-electron chi connectivity index (χ1n) is 5.74. The molecule has 0 aliphatic heterocycles. The van der Waals surface area contributed by atoms with Gasteiger partial charge in [0.15, 0.2) is 0 Å². The fourth-order valence-electron chi connectivity index (χ4n) is 1.81. The fourth-order valence-corrected chi connectivity index (χ4v) is 1.81.